The summed E-state index contributed by atoms with van der Waals surface area (Å²) < 4.78 is 39.7. The Balaban J connectivity index is 2.38. The van der Waals surface area contributed by atoms with Crippen molar-refractivity contribution in [3.63, 3.8) is 0 Å². The Morgan fingerprint density at radius 3 is 2.53 bits per heavy atom. The second-order valence-electron chi connectivity index (χ2n) is 4.14. The third kappa shape index (κ3) is 3.03. The minimum atomic E-state index is -3.75. The summed E-state index contributed by atoms with van der Waals surface area (Å²) in [6.07, 6.45) is 0. The van der Waals surface area contributed by atoms with Gasteiger partial charge in [0.2, 0.25) is 0 Å². The second kappa shape index (κ2) is 4.89. The molecule has 0 spiro atoms. The van der Waals surface area contributed by atoms with Gasteiger partial charge in [-0.25, -0.2) is 12.8 Å². The number of aryl methyl sites for hydroxylation is 1. The van der Waals surface area contributed by atoms with Gasteiger partial charge in [0, 0.05) is 5.69 Å². The summed E-state index contributed by atoms with van der Waals surface area (Å²) in [6, 6.07) is 9.92. The minimum absolute atomic E-state index is 0.0383. The molecule has 2 rings (SSSR count). The number of sulfonamides is 1. The minimum Gasteiger partial charge on any atom is -0.399 e. The van der Waals surface area contributed by atoms with Gasteiger partial charge in [-0.2, -0.15) is 0 Å². The molecule has 100 valence electrons. The van der Waals surface area contributed by atoms with E-state index in [4.69, 9.17) is 5.73 Å². The summed E-state index contributed by atoms with van der Waals surface area (Å²) in [5.74, 6) is -0.472. The van der Waals surface area contributed by atoms with Crippen LogP contribution in [0.4, 0.5) is 15.8 Å². The Kier molecular flexibility index (Phi) is 3.44. The number of hydrogen-bond acceptors (Lipinski definition) is 3. The van der Waals surface area contributed by atoms with Crippen molar-refractivity contribution in [1.29, 1.82) is 0 Å². The maximum atomic E-state index is 13.0. The van der Waals surface area contributed by atoms with Crippen LogP contribution in [0.25, 0.3) is 0 Å². The van der Waals surface area contributed by atoms with E-state index in [9.17, 15) is 12.8 Å². The molecule has 0 bridgehead atoms. The molecule has 0 saturated carbocycles. The fraction of sp³-hybridized carbons (Fsp3) is 0.0769. The molecule has 0 aromatic heterocycles. The van der Waals surface area contributed by atoms with Gasteiger partial charge in [-0.3, -0.25) is 4.72 Å². The van der Waals surface area contributed by atoms with Gasteiger partial charge in [0.15, 0.2) is 0 Å². The van der Waals surface area contributed by atoms with E-state index < -0.39 is 15.8 Å². The van der Waals surface area contributed by atoms with E-state index in [0.717, 1.165) is 6.07 Å². The molecular weight excluding hydrogens is 267 g/mol. The molecule has 2 aromatic carbocycles. The SMILES string of the molecule is Cc1cc(F)ccc1S(=O)(=O)Nc1cccc(N)c1. The van der Waals surface area contributed by atoms with Gasteiger partial charge < -0.3 is 5.73 Å². The number of rotatable bonds is 3. The van der Waals surface area contributed by atoms with Gasteiger partial charge in [-0.05, 0) is 48.9 Å². The van der Waals surface area contributed by atoms with Crippen LogP contribution in [-0.2, 0) is 10.0 Å². The highest BCUT2D eigenvalue weighted by Gasteiger charge is 2.17. The Morgan fingerprint density at radius 2 is 1.89 bits per heavy atom. The number of anilines is 2. The van der Waals surface area contributed by atoms with Crippen LogP contribution in [0.3, 0.4) is 0 Å². The van der Waals surface area contributed by atoms with Crippen molar-refractivity contribution < 1.29 is 12.8 Å². The average molecular weight is 280 g/mol. The lowest BCUT2D eigenvalue weighted by molar-refractivity contribution is 0.598. The molecule has 0 saturated heterocycles. The molecule has 0 radical (unpaired) electrons. The molecule has 3 N–H and O–H groups in total. The molecule has 2 aromatic rings. The molecular formula is C13H13FN2O2S. The zero-order chi connectivity index (χ0) is 14.0. The van der Waals surface area contributed by atoms with Gasteiger partial charge in [-0.15, -0.1) is 0 Å². The van der Waals surface area contributed by atoms with E-state index in [1.165, 1.54) is 25.1 Å². The number of halogens is 1. The van der Waals surface area contributed by atoms with E-state index in [1.807, 2.05) is 0 Å². The highest BCUT2D eigenvalue weighted by atomic mass is 32.2. The van der Waals surface area contributed by atoms with Crippen LogP contribution in [0.1, 0.15) is 5.56 Å². The maximum Gasteiger partial charge on any atom is 0.262 e. The Bertz CT molecular complexity index is 714. The number of nitrogens with two attached hydrogens (primary N) is 1. The summed E-state index contributed by atoms with van der Waals surface area (Å²) in [7, 11) is -3.75. The van der Waals surface area contributed by atoms with Crippen LogP contribution >= 0.6 is 0 Å². The zero-order valence-corrected chi connectivity index (χ0v) is 11.0. The summed E-state index contributed by atoms with van der Waals surface area (Å²) >= 11 is 0. The molecule has 0 amide bonds. The lowest BCUT2D eigenvalue weighted by atomic mass is 10.2. The van der Waals surface area contributed by atoms with Gasteiger partial charge in [-0.1, -0.05) is 6.07 Å². The van der Waals surface area contributed by atoms with Gasteiger partial charge in [0.05, 0.1) is 10.6 Å². The van der Waals surface area contributed by atoms with Crippen LogP contribution in [0.5, 0.6) is 0 Å². The monoisotopic (exact) mass is 280 g/mol. The predicted molar refractivity (Wildman–Crippen MR) is 72.8 cm³/mol. The highest BCUT2D eigenvalue weighted by molar-refractivity contribution is 7.92. The molecule has 0 aliphatic carbocycles. The van der Waals surface area contributed by atoms with Crippen LogP contribution in [-0.4, -0.2) is 8.42 Å². The number of benzene rings is 2. The predicted octanol–water partition coefficient (Wildman–Crippen LogP) is 2.52. The van der Waals surface area contributed by atoms with Crippen molar-refractivity contribution >= 4 is 21.4 Å². The Labute approximate surface area is 111 Å². The third-order valence-corrected chi connectivity index (χ3v) is 4.11. The molecule has 19 heavy (non-hydrogen) atoms. The molecule has 0 fully saturated rings. The molecule has 0 unspecified atom stereocenters. The first kappa shape index (κ1) is 13.4. The Hall–Kier alpha value is -2.08. The van der Waals surface area contributed by atoms with Crippen LogP contribution in [0.2, 0.25) is 0 Å². The summed E-state index contributed by atoms with van der Waals surface area (Å²) in [6.45, 7) is 1.54. The fourth-order valence-electron chi connectivity index (χ4n) is 1.73. The largest absolute Gasteiger partial charge is 0.399 e. The highest BCUT2D eigenvalue weighted by Crippen LogP contribution is 2.21. The van der Waals surface area contributed by atoms with Gasteiger partial charge in [0.25, 0.3) is 10.0 Å². The van der Waals surface area contributed by atoms with E-state index in [-0.39, 0.29) is 4.90 Å². The van der Waals surface area contributed by atoms with Crippen LogP contribution in [0, 0.1) is 12.7 Å². The summed E-state index contributed by atoms with van der Waals surface area (Å²) in [5, 5.41) is 0. The fourth-order valence-corrected chi connectivity index (χ4v) is 3.00. The van der Waals surface area contributed by atoms with Crippen molar-refractivity contribution in [2.75, 3.05) is 10.5 Å². The molecule has 0 aliphatic heterocycles. The lowest BCUT2D eigenvalue weighted by Gasteiger charge is -2.10. The van der Waals surface area contributed by atoms with Gasteiger partial charge >= 0.3 is 0 Å². The van der Waals surface area contributed by atoms with Crippen molar-refractivity contribution in [2.24, 2.45) is 0 Å². The zero-order valence-electron chi connectivity index (χ0n) is 10.2. The standard InChI is InChI=1S/C13H13FN2O2S/c1-9-7-10(14)5-6-13(9)19(17,18)16-12-4-2-3-11(15)8-12/h2-8,16H,15H2,1H3. The normalized spacial score (nSPS) is 11.3. The number of nitrogens with one attached hydrogen (secondary N) is 1. The average Bonchev–Trinajstić information content (AvgIpc) is 2.27. The Morgan fingerprint density at radius 1 is 1.16 bits per heavy atom. The van der Waals surface area contributed by atoms with Crippen molar-refractivity contribution in [3.8, 4) is 0 Å². The number of nitrogen functional groups attached to an aromatic ring is 1. The quantitative estimate of drug-likeness (QED) is 0.848. The van der Waals surface area contributed by atoms with E-state index in [1.54, 1.807) is 18.2 Å². The topological polar surface area (TPSA) is 72.2 Å². The molecule has 6 heteroatoms. The van der Waals surface area contributed by atoms with Gasteiger partial charge in [0.1, 0.15) is 5.82 Å². The molecule has 0 atom stereocenters. The summed E-state index contributed by atoms with van der Waals surface area (Å²) in [4.78, 5) is 0.0383. The molecule has 4 nitrogen and oxygen atoms in total. The molecule has 0 aliphatic rings. The van der Waals surface area contributed by atoms with Crippen molar-refractivity contribution in [1.82, 2.24) is 0 Å². The second-order valence-corrected chi connectivity index (χ2v) is 5.79. The third-order valence-electron chi connectivity index (χ3n) is 2.57. The first-order valence-electron chi connectivity index (χ1n) is 5.53. The smallest absolute Gasteiger partial charge is 0.262 e. The summed E-state index contributed by atoms with van der Waals surface area (Å²) in [5.41, 5.74) is 6.74. The van der Waals surface area contributed by atoms with E-state index in [0.29, 0.717) is 16.9 Å². The molecule has 0 heterocycles. The van der Waals surface area contributed by atoms with Crippen molar-refractivity contribution in [3.05, 3.63) is 53.8 Å². The lowest BCUT2D eigenvalue weighted by Crippen LogP contribution is -2.14. The van der Waals surface area contributed by atoms with E-state index in [2.05, 4.69) is 4.72 Å². The first-order valence-corrected chi connectivity index (χ1v) is 7.01. The van der Waals surface area contributed by atoms with E-state index >= 15 is 0 Å². The number of hydrogen-bond donors (Lipinski definition) is 2. The van der Waals surface area contributed by atoms with Crippen molar-refractivity contribution in [2.45, 2.75) is 11.8 Å². The van der Waals surface area contributed by atoms with Crippen LogP contribution in [0.15, 0.2) is 47.4 Å². The first-order chi connectivity index (χ1) is 8.88. The maximum absolute atomic E-state index is 13.0. The van der Waals surface area contributed by atoms with Crippen LogP contribution < -0.4 is 10.5 Å².